The van der Waals surface area contributed by atoms with Gasteiger partial charge in [0.2, 0.25) is 0 Å². The van der Waals surface area contributed by atoms with E-state index >= 15 is 0 Å². The maximum Gasteiger partial charge on any atom is 0.412 e. The molecule has 1 aromatic heterocycles. The van der Waals surface area contributed by atoms with Crippen LogP contribution in [0.15, 0.2) is 54.6 Å². The first-order valence-corrected chi connectivity index (χ1v) is 11.2. The number of nitrogens with zero attached hydrogens (tertiary/aromatic N) is 1. The number of aromatic nitrogens is 1. The fourth-order valence-corrected chi connectivity index (χ4v) is 3.85. The van der Waals surface area contributed by atoms with Gasteiger partial charge in [0.1, 0.15) is 28.7 Å². The Bertz CT molecular complexity index is 1270. The smallest absolute Gasteiger partial charge is 0.412 e. The van der Waals surface area contributed by atoms with Gasteiger partial charge < -0.3 is 15.4 Å². The first-order chi connectivity index (χ1) is 16.6. The van der Waals surface area contributed by atoms with Gasteiger partial charge in [-0.25, -0.2) is 18.6 Å². The van der Waals surface area contributed by atoms with E-state index in [0.29, 0.717) is 12.8 Å². The minimum absolute atomic E-state index is 0.0135. The number of nitrogens with one attached hydrogen (secondary N) is 3. The predicted molar refractivity (Wildman–Crippen MR) is 129 cm³/mol. The number of benzene rings is 2. The van der Waals surface area contributed by atoms with Gasteiger partial charge in [0.05, 0.1) is 11.4 Å². The van der Waals surface area contributed by atoms with Gasteiger partial charge in [-0.05, 0) is 75.1 Å². The van der Waals surface area contributed by atoms with Crippen LogP contribution in [0.25, 0.3) is 0 Å². The zero-order valence-electron chi connectivity index (χ0n) is 19.6. The van der Waals surface area contributed by atoms with E-state index in [1.165, 1.54) is 36.4 Å². The molecule has 35 heavy (non-hydrogen) atoms. The lowest BCUT2D eigenvalue weighted by Gasteiger charge is -2.20. The summed E-state index contributed by atoms with van der Waals surface area (Å²) < 4.78 is 33.0. The zero-order valence-corrected chi connectivity index (χ0v) is 19.6. The second-order valence-electron chi connectivity index (χ2n) is 9.35. The van der Waals surface area contributed by atoms with Crippen molar-refractivity contribution in [3.05, 3.63) is 83.1 Å². The lowest BCUT2D eigenvalue weighted by Crippen LogP contribution is -2.36. The zero-order chi connectivity index (χ0) is 25.2. The molecule has 9 heteroatoms. The van der Waals surface area contributed by atoms with E-state index in [1.807, 2.05) is 0 Å². The van der Waals surface area contributed by atoms with Gasteiger partial charge in [-0.1, -0.05) is 18.2 Å². The quantitative estimate of drug-likeness (QED) is 0.458. The Hall–Kier alpha value is -4.01. The van der Waals surface area contributed by atoms with Gasteiger partial charge in [0.15, 0.2) is 0 Å². The molecule has 0 radical (unpaired) electrons. The van der Waals surface area contributed by atoms with Gasteiger partial charge in [-0.15, -0.1) is 0 Å². The topological polar surface area (TPSA) is 92.3 Å². The van der Waals surface area contributed by atoms with Crippen LogP contribution in [0.3, 0.4) is 0 Å². The van der Waals surface area contributed by atoms with Crippen molar-refractivity contribution in [2.45, 2.75) is 45.3 Å². The summed E-state index contributed by atoms with van der Waals surface area (Å²) in [5.41, 5.74) is 1.53. The molecule has 3 aromatic rings. The number of hydrogen-bond donors (Lipinski definition) is 3. The van der Waals surface area contributed by atoms with Crippen molar-refractivity contribution in [3.8, 4) is 0 Å². The summed E-state index contributed by atoms with van der Waals surface area (Å²) in [5, 5.41) is 8.35. The van der Waals surface area contributed by atoms with Crippen LogP contribution in [0, 0.1) is 11.6 Å². The van der Waals surface area contributed by atoms with E-state index in [2.05, 4.69) is 20.9 Å². The van der Waals surface area contributed by atoms with Crippen molar-refractivity contribution in [1.82, 2.24) is 10.3 Å². The number of para-hydroxylation sites is 1. The molecule has 4 rings (SSSR count). The molecule has 0 saturated carbocycles. The molecule has 0 saturated heterocycles. The van der Waals surface area contributed by atoms with Gasteiger partial charge in [0, 0.05) is 12.1 Å². The van der Waals surface area contributed by atoms with Gasteiger partial charge in [0.25, 0.3) is 5.91 Å². The van der Waals surface area contributed by atoms with Crippen LogP contribution >= 0.6 is 0 Å². The minimum Gasteiger partial charge on any atom is -0.444 e. The molecule has 0 fully saturated rings. The van der Waals surface area contributed by atoms with Gasteiger partial charge >= 0.3 is 6.09 Å². The van der Waals surface area contributed by atoms with Crippen LogP contribution in [0.2, 0.25) is 0 Å². The first-order valence-electron chi connectivity index (χ1n) is 11.2. The molecule has 1 atom stereocenters. The van der Waals surface area contributed by atoms with Crippen molar-refractivity contribution in [2.75, 3.05) is 10.6 Å². The molecule has 7 nitrogen and oxygen atoms in total. The number of fused-ring (bicyclic) bond motifs is 1. The highest BCUT2D eigenvalue weighted by atomic mass is 19.1. The monoisotopic (exact) mass is 480 g/mol. The van der Waals surface area contributed by atoms with Crippen molar-refractivity contribution < 1.29 is 23.1 Å². The van der Waals surface area contributed by atoms with Crippen LogP contribution < -0.4 is 16.0 Å². The standard InChI is InChI=1S/C26H26F2N4O3/c1-26(2,3)35-25(34)30-19-13-22(32-23(14-19)31-21-7-5-4-6-20(21)28)24(33)29-18-11-15-8-9-17(27)10-16(15)12-18/h4-10,13-14,18H,11-12H2,1-3H3,(H,29,33)(H2,30,31,32,34). The summed E-state index contributed by atoms with van der Waals surface area (Å²) in [6, 6.07) is 13.3. The van der Waals surface area contributed by atoms with Gasteiger partial charge in [-0.2, -0.15) is 0 Å². The third kappa shape index (κ3) is 6.32. The second-order valence-corrected chi connectivity index (χ2v) is 9.35. The summed E-state index contributed by atoms with van der Waals surface area (Å²) in [7, 11) is 0. The number of anilines is 3. The number of carbonyl (C=O) groups is 2. The Morgan fingerprint density at radius 1 is 1.00 bits per heavy atom. The highest BCUT2D eigenvalue weighted by Gasteiger charge is 2.25. The summed E-state index contributed by atoms with van der Waals surface area (Å²) >= 11 is 0. The van der Waals surface area contributed by atoms with E-state index in [0.717, 1.165) is 11.1 Å². The molecule has 1 heterocycles. The first kappa shape index (κ1) is 24.1. The lowest BCUT2D eigenvalue weighted by atomic mass is 10.1. The fourth-order valence-electron chi connectivity index (χ4n) is 3.85. The van der Waals surface area contributed by atoms with Crippen LogP contribution in [0.4, 0.5) is 30.8 Å². The Labute approximate surface area is 201 Å². The molecule has 1 aliphatic carbocycles. The highest BCUT2D eigenvalue weighted by molar-refractivity contribution is 5.95. The summed E-state index contributed by atoms with van der Waals surface area (Å²) in [5.74, 6) is -1.14. The van der Waals surface area contributed by atoms with Crippen molar-refractivity contribution in [1.29, 1.82) is 0 Å². The summed E-state index contributed by atoms with van der Waals surface area (Å²) in [6.45, 7) is 5.19. The van der Waals surface area contributed by atoms with E-state index < -0.39 is 23.4 Å². The van der Waals surface area contributed by atoms with E-state index in [-0.39, 0.29) is 34.7 Å². The van der Waals surface area contributed by atoms with Crippen LogP contribution in [-0.4, -0.2) is 28.6 Å². The Balaban J connectivity index is 1.56. The van der Waals surface area contributed by atoms with Crippen LogP contribution in [0.1, 0.15) is 42.4 Å². The average molecular weight is 481 g/mol. The minimum atomic E-state index is -0.720. The fraction of sp³-hybridized carbons (Fsp3) is 0.269. The number of amides is 2. The largest absolute Gasteiger partial charge is 0.444 e. The van der Waals surface area contributed by atoms with Crippen molar-refractivity contribution in [3.63, 3.8) is 0 Å². The number of pyridine rings is 1. The highest BCUT2D eigenvalue weighted by Crippen LogP contribution is 2.25. The molecule has 1 aliphatic rings. The Kier molecular flexibility index (Phi) is 6.68. The average Bonchev–Trinajstić information content (AvgIpc) is 3.15. The van der Waals surface area contributed by atoms with E-state index in [1.54, 1.807) is 39.0 Å². The number of halogens is 2. The molecule has 0 aliphatic heterocycles. The molecule has 1 unspecified atom stereocenters. The number of hydrogen-bond acceptors (Lipinski definition) is 5. The van der Waals surface area contributed by atoms with Crippen LogP contribution in [-0.2, 0) is 17.6 Å². The molecule has 2 amide bonds. The predicted octanol–water partition coefficient (Wildman–Crippen LogP) is 5.35. The molecule has 2 aromatic carbocycles. The SMILES string of the molecule is CC(C)(C)OC(=O)Nc1cc(Nc2ccccc2F)nc(C(=O)NC2Cc3ccc(F)cc3C2)c1. The summed E-state index contributed by atoms with van der Waals surface area (Å²) in [4.78, 5) is 29.7. The third-order valence-electron chi connectivity index (χ3n) is 5.28. The lowest BCUT2D eigenvalue weighted by molar-refractivity contribution is 0.0635. The van der Waals surface area contributed by atoms with E-state index in [9.17, 15) is 18.4 Å². The van der Waals surface area contributed by atoms with Crippen molar-refractivity contribution in [2.24, 2.45) is 0 Å². The van der Waals surface area contributed by atoms with Gasteiger partial charge in [-0.3, -0.25) is 10.1 Å². The Morgan fingerprint density at radius 3 is 2.49 bits per heavy atom. The number of carbonyl (C=O) groups excluding carboxylic acids is 2. The summed E-state index contributed by atoms with van der Waals surface area (Å²) in [6.07, 6.45) is 0.354. The van der Waals surface area contributed by atoms with E-state index in [4.69, 9.17) is 4.74 Å². The number of ether oxygens (including phenoxy) is 1. The molecular formula is C26H26F2N4O3. The third-order valence-corrected chi connectivity index (χ3v) is 5.28. The number of rotatable bonds is 5. The van der Waals surface area contributed by atoms with Crippen LogP contribution in [0.5, 0.6) is 0 Å². The van der Waals surface area contributed by atoms with Crippen molar-refractivity contribution >= 4 is 29.2 Å². The molecule has 182 valence electrons. The maximum absolute atomic E-state index is 14.2. The molecule has 0 spiro atoms. The molecular weight excluding hydrogens is 454 g/mol. The normalized spacial score (nSPS) is 14.7. The maximum atomic E-state index is 14.2. The molecule has 0 bridgehead atoms. The second kappa shape index (κ2) is 9.69. The Morgan fingerprint density at radius 2 is 1.74 bits per heavy atom. The molecule has 3 N–H and O–H groups in total.